The van der Waals surface area contributed by atoms with Crippen LogP contribution >= 0.6 is 15.9 Å². The van der Waals surface area contributed by atoms with Gasteiger partial charge in [-0.2, -0.15) is 5.10 Å². The Morgan fingerprint density at radius 2 is 2.00 bits per heavy atom. The average Bonchev–Trinajstić information content (AvgIpc) is 2.31. The third-order valence-corrected chi connectivity index (χ3v) is 3.18. The highest BCUT2D eigenvalue weighted by Gasteiger charge is 2.07. The van der Waals surface area contributed by atoms with Gasteiger partial charge in [-0.25, -0.2) is 4.68 Å². The number of para-hydroxylation sites is 1. The Balaban J connectivity index is 2.68. The van der Waals surface area contributed by atoms with E-state index in [9.17, 15) is 4.79 Å². The fourth-order valence-electron chi connectivity index (χ4n) is 1.72. The summed E-state index contributed by atoms with van der Waals surface area (Å²) in [6, 6.07) is 9.60. The van der Waals surface area contributed by atoms with Gasteiger partial charge < -0.3 is 0 Å². The lowest BCUT2D eigenvalue weighted by molar-refractivity contribution is 0.770. The summed E-state index contributed by atoms with van der Waals surface area (Å²) in [6.07, 6.45) is 0. The number of halogens is 1. The molecule has 0 saturated heterocycles. The van der Waals surface area contributed by atoms with Gasteiger partial charge in [0.05, 0.1) is 11.0 Å². The number of nitrogens with zero attached hydrogens (tertiary/aromatic N) is 2. The van der Waals surface area contributed by atoms with E-state index in [0.29, 0.717) is 11.0 Å². The molecule has 1 aromatic carbocycles. The summed E-state index contributed by atoms with van der Waals surface area (Å²) in [6.45, 7) is 3.92. The van der Waals surface area contributed by atoms with Gasteiger partial charge in [-0.1, -0.05) is 34.1 Å². The van der Waals surface area contributed by atoms with Crippen molar-refractivity contribution in [1.29, 1.82) is 0 Å². The molecule has 0 aliphatic heterocycles. The van der Waals surface area contributed by atoms with Gasteiger partial charge in [0, 0.05) is 11.8 Å². The third kappa shape index (κ3) is 2.31. The van der Waals surface area contributed by atoms with E-state index in [1.54, 1.807) is 6.07 Å². The fraction of sp³-hybridized carbons (Fsp3) is 0.231. The van der Waals surface area contributed by atoms with Crippen LogP contribution in [0.4, 0.5) is 0 Å². The standard InChI is InChI=1S/C13H13BrN2O/c1-9-5-3-4-6-12(9)16-10(2)7-13(17)11(8-14)15-16/h3-7H,8H2,1-2H3. The Kier molecular flexibility index (Phi) is 3.43. The van der Waals surface area contributed by atoms with Crippen molar-refractivity contribution in [3.05, 3.63) is 57.5 Å². The van der Waals surface area contributed by atoms with Gasteiger partial charge >= 0.3 is 0 Å². The second-order valence-corrected chi connectivity index (χ2v) is 4.49. The number of aromatic nitrogens is 2. The summed E-state index contributed by atoms with van der Waals surface area (Å²) in [5.41, 5.74) is 3.48. The maximum absolute atomic E-state index is 11.6. The molecule has 0 N–H and O–H groups in total. The van der Waals surface area contributed by atoms with Gasteiger partial charge in [0.15, 0.2) is 0 Å². The van der Waals surface area contributed by atoms with E-state index in [0.717, 1.165) is 16.9 Å². The predicted molar refractivity (Wildman–Crippen MR) is 71.9 cm³/mol. The van der Waals surface area contributed by atoms with Gasteiger partial charge in [0.25, 0.3) is 0 Å². The number of aryl methyl sites for hydroxylation is 2. The van der Waals surface area contributed by atoms with Gasteiger partial charge in [0.2, 0.25) is 5.43 Å². The van der Waals surface area contributed by atoms with Crippen LogP contribution in [0, 0.1) is 13.8 Å². The highest BCUT2D eigenvalue weighted by molar-refractivity contribution is 9.08. The lowest BCUT2D eigenvalue weighted by Crippen LogP contribution is -2.18. The normalized spacial score (nSPS) is 10.5. The first-order chi connectivity index (χ1) is 8.13. The van der Waals surface area contributed by atoms with Gasteiger partial charge in [-0.3, -0.25) is 4.79 Å². The molecule has 0 bridgehead atoms. The first kappa shape index (κ1) is 12.0. The zero-order chi connectivity index (χ0) is 12.4. The molecule has 1 heterocycles. The van der Waals surface area contributed by atoms with Crippen LogP contribution in [0.2, 0.25) is 0 Å². The number of rotatable bonds is 2. The van der Waals surface area contributed by atoms with Crippen molar-refractivity contribution in [1.82, 2.24) is 9.78 Å². The van der Waals surface area contributed by atoms with Crippen molar-refractivity contribution < 1.29 is 0 Å². The van der Waals surface area contributed by atoms with Crippen LogP contribution in [0.3, 0.4) is 0 Å². The summed E-state index contributed by atoms with van der Waals surface area (Å²) in [4.78, 5) is 11.6. The SMILES string of the molecule is Cc1ccccc1-n1nc(CBr)c(=O)cc1C. The second kappa shape index (κ2) is 4.84. The van der Waals surface area contributed by atoms with E-state index in [1.165, 1.54) is 0 Å². The molecule has 4 heteroatoms. The Labute approximate surface area is 108 Å². The maximum atomic E-state index is 11.6. The number of hydrogen-bond acceptors (Lipinski definition) is 2. The predicted octanol–water partition coefficient (Wildman–Crippen LogP) is 2.74. The van der Waals surface area contributed by atoms with Gasteiger partial charge in [0.1, 0.15) is 5.69 Å². The largest absolute Gasteiger partial charge is 0.288 e. The lowest BCUT2D eigenvalue weighted by atomic mass is 10.2. The molecule has 0 aliphatic carbocycles. The molecule has 0 spiro atoms. The minimum absolute atomic E-state index is 0.0239. The molecule has 0 radical (unpaired) electrons. The van der Waals surface area contributed by atoms with Crippen molar-refractivity contribution in [2.24, 2.45) is 0 Å². The molecule has 17 heavy (non-hydrogen) atoms. The molecule has 88 valence electrons. The first-order valence-corrected chi connectivity index (χ1v) is 6.47. The summed E-state index contributed by atoms with van der Waals surface area (Å²) in [7, 11) is 0. The summed E-state index contributed by atoms with van der Waals surface area (Å²) in [5.74, 6) is 0. The van der Waals surface area contributed by atoms with Crippen LogP contribution < -0.4 is 5.43 Å². The molecule has 2 rings (SSSR count). The van der Waals surface area contributed by atoms with Crippen molar-refractivity contribution >= 4 is 15.9 Å². The van der Waals surface area contributed by atoms with Crippen LogP contribution in [0.25, 0.3) is 5.69 Å². The zero-order valence-electron chi connectivity index (χ0n) is 9.77. The van der Waals surface area contributed by atoms with Crippen LogP contribution in [0.15, 0.2) is 35.1 Å². The van der Waals surface area contributed by atoms with Crippen LogP contribution in [-0.2, 0) is 5.33 Å². The Morgan fingerprint density at radius 1 is 1.29 bits per heavy atom. The van der Waals surface area contributed by atoms with Crippen molar-refractivity contribution in [2.45, 2.75) is 19.2 Å². The molecule has 0 aliphatic rings. The molecule has 1 aromatic heterocycles. The van der Waals surface area contributed by atoms with Crippen molar-refractivity contribution in [2.75, 3.05) is 0 Å². The minimum Gasteiger partial charge on any atom is -0.288 e. The lowest BCUT2D eigenvalue weighted by Gasteiger charge is -2.12. The third-order valence-electron chi connectivity index (χ3n) is 2.65. The summed E-state index contributed by atoms with van der Waals surface area (Å²) < 4.78 is 1.81. The highest BCUT2D eigenvalue weighted by atomic mass is 79.9. The van der Waals surface area contributed by atoms with E-state index < -0.39 is 0 Å². The first-order valence-electron chi connectivity index (χ1n) is 5.35. The van der Waals surface area contributed by atoms with E-state index in [2.05, 4.69) is 21.0 Å². The van der Waals surface area contributed by atoms with E-state index in [1.807, 2.05) is 42.8 Å². The molecule has 0 amide bonds. The van der Waals surface area contributed by atoms with Crippen molar-refractivity contribution in [3.8, 4) is 5.69 Å². The fourth-order valence-corrected chi connectivity index (χ4v) is 2.11. The Hall–Kier alpha value is -1.42. The number of hydrogen-bond donors (Lipinski definition) is 0. The maximum Gasteiger partial charge on any atom is 0.204 e. The molecular formula is C13H13BrN2O. The monoisotopic (exact) mass is 292 g/mol. The zero-order valence-corrected chi connectivity index (χ0v) is 11.4. The number of alkyl halides is 1. The molecule has 0 atom stereocenters. The topological polar surface area (TPSA) is 34.9 Å². The quantitative estimate of drug-likeness (QED) is 0.798. The van der Waals surface area contributed by atoms with Crippen molar-refractivity contribution in [3.63, 3.8) is 0 Å². The summed E-state index contributed by atoms with van der Waals surface area (Å²) >= 11 is 3.28. The molecule has 2 aromatic rings. The van der Waals surface area contributed by atoms with E-state index >= 15 is 0 Å². The van der Waals surface area contributed by atoms with Crippen LogP contribution in [-0.4, -0.2) is 9.78 Å². The minimum atomic E-state index is -0.0239. The van der Waals surface area contributed by atoms with Gasteiger partial charge in [-0.15, -0.1) is 0 Å². The Bertz CT molecular complexity index is 605. The molecule has 0 unspecified atom stereocenters. The van der Waals surface area contributed by atoms with E-state index in [4.69, 9.17) is 0 Å². The smallest absolute Gasteiger partial charge is 0.204 e. The van der Waals surface area contributed by atoms with Crippen LogP contribution in [0.5, 0.6) is 0 Å². The average molecular weight is 293 g/mol. The second-order valence-electron chi connectivity index (χ2n) is 3.93. The van der Waals surface area contributed by atoms with E-state index in [-0.39, 0.29) is 5.43 Å². The number of benzene rings is 1. The molecular weight excluding hydrogens is 280 g/mol. The Morgan fingerprint density at radius 3 is 2.65 bits per heavy atom. The van der Waals surface area contributed by atoms with Crippen LogP contribution in [0.1, 0.15) is 17.0 Å². The van der Waals surface area contributed by atoms with Gasteiger partial charge in [-0.05, 0) is 25.5 Å². The molecule has 3 nitrogen and oxygen atoms in total. The molecule has 0 saturated carbocycles. The highest BCUT2D eigenvalue weighted by Crippen LogP contribution is 2.13. The molecule has 0 fully saturated rings. The summed E-state index contributed by atoms with van der Waals surface area (Å²) in [5, 5.41) is 4.85.